The maximum absolute atomic E-state index is 12.7. The first-order chi connectivity index (χ1) is 12.9. The quantitative estimate of drug-likeness (QED) is 0.638. The molecule has 1 N–H and O–H groups in total. The number of hydrogen-bond acceptors (Lipinski definition) is 5. The third-order valence-corrected chi connectivity index (χ3v) is 4.53. The second kappa shape index (κ2) is 7.65. The minimum Gasteiger partial charge on any atom is -0.486 e. The molecule has 1 heterocycles. The van der Waals surface area contributed by atoms with Crippen LogP contribution in [0.4, 0.5) is 5.69 Å². The predicted octanol–water partition coefficient (Wildman–Crippen LogP) is 3.80. The number of amides is 1. The molecule has 27 heavy (non-hydrogen) atoms. The number of nitrogens with one attached hydrogen (secondary N) is 1. The van der Waals surface area contributed by atoms with Crippen molar-refractivity contribution in [3.63, 3.8) is 0 Å². The van der Waals surface area contributed by atoms with Gasteiger partial charge in [-0.15, -0.1) is 0 Å². The molecule has 0 aliphatic carbocycles. The third kappa shape index (κ3) is 4.02. The van der Waals surface area contributed by atoms with Crippen LogP contribution in [0.3, 0.4) is 0 Å². The summed E-state index contributed by atoms with van der Waals surface area (Å²) in [5, 5.41) is 14.0. The number of nitro benzene ring substituents is 1. The first-order valence-corrected chi connectivity index (χ1v) is 8.82. The Morgan fingerprint density at radius 3 is 2.44 bits per heavy atom. The van der Waals surface area contributed by atoms with Crippen molar-refractivity contribution in [2.75, 3.05) is 13.2 Å². The molecule has 0 spiro atoms. The van der Waals surface area contributed by atoms with Crippen LogP contribution in [0.15, 0.2) is 36.4 Å². The van der Waals surface area contributed by atoms with E-state index in [0.29, 0.717) is 35.8 Å². The van der Waals surface area contributed by atoms with E-state index in [1.54, 1.807) is 6.92 Å². The number of carbonyl (C=O) groups is 1. The van der Waals surface area contributed by atoms with Gasteiger partial charge in [-0.05, 0) is 42.7 Å². The van der Waals surface area contributed by atoms with Gasteiger partial charge in [0.1, 0.15) is 13.2 Å². The van der Waals surface area contributed by atoms with Crippen molar-refractivity contribution in [2.24, 2.45) is 5.92 Å². The molecule has 7 heteroatoms. The van der Waals surface area contributed by atoms with Crippen LogP contribution in [0.2, 0.25) is 0 Å². The highest BCUT2D eigenvalue weighted by Gasteiger charge is 2.23. The zero-order chi connectivity index (χ0) is 19.6. The standard InChI is InChI=1S/C20H22N2O5/c1-12(2)19(14-5-7-17-18(11-14)27-9-8-26-17)21-20(23)15-4-6-16(22(24)25)13(3)10-15/h4-7,10-12,19H,8-9H2,1-3H3,(H,21,23)/t19-/m0/s1. The van der Waals surface area contributed by atoms with Gasteiger partial charge < -0.3 is 14.8 Å². The van der Waals surface area contributed by atoms with Gasteiger partial charge in [0.05, 0.1) is 11.0 Å². The first kappa shape index (κ1) is 18.7. The Labute approximate surface area is 157 Å². The largest absolute Gasteiger partial charge is 0.486 e. The lowest BCUT2D eigenvalue weighted by atomic mass is 9.95. The van der Waals surface area contributed by atoms with E-state index in [0.717, 1.165) is 5.56 Å². The molecule has 0 fully saturated rings. The Hall–Kier alpha value is -3.09. The van der Waals surface area contributed by atoms with Crippen LogP contribution in [0.5, 0.6) is 11.5 Å². The molecule has 3 rings (SSSR count). The molecule has 0 bridgehead atoms. The molecule has 0 aromatic heterocycles. The molecule has 2 aromatic carbocycles. The van der Waals surface area contributed by atoms with E-state index in [4.69, 9.17) is 9.47 Å². The zero-order valence-electron chi connectivity index (χ0n) is 15.5. The maximum Gasteiger partial charge on any atom is 0.272 e. The molecule has 0 unspecified atom stereocenters. The summed E-state index contributed by atoms with van der Waals surface area (Å²) >= 11 is 0. The maximum atomic E-state index is 12.7. The van der Waals surface area contributed by atoms with Crippen LogP contribution in [0, 0.1) is 23.0 Å². The number of rotatable bonds is 5. The molecule has 142 valence electrons. The zero-order valence-corrected chi connectivity index (χ0v) is 15.5. The van der Waals surface area contributed by atoms with Crippen molar-refractivity contribution in [3.8, 4) is 11.5 Å². The summed E-state index contributed by atoms with van der Waals surface area (Å²) in [5.41, 5.74) is 1.76. The lowest BCUT2D eigenvalue weighted by Gasteiger charge is -2.25. The molecule has 1 atom stereocenters. The predicted molar refractivity (Wildman–Crippen MR) is 100 cm³/mol. The summed E-state index contributed by atoms with van der Waals surface area (Å²) < 4.78 is 11.2. The SMILES string of the molecule is Cc1cc(C(=O)N[C@H](c2ccc3c(c2)OCCO3)C(C)C)ccc1[N+](=O)[O-]. The highest BCUT2D eigenvalue weighted by Crippen LogP contribution is 2.34. The highest BCUT2D eigenvalue weighted by molar-refractivity contribution is 5.95. The van der Waals surface area contributed by atoms with Gasteiger partial charge in [-0.3, -0.25) is 14.9 Å². The van der Waals surface area contributed by atoms with Crippen molar-refractivity contribution in [3.05, 3.63) is 63.2 Å². The number of nitrogens with zero attached hydrogens (tertiary/aromatic N) is 1. The fraction of sp³-hybridized carbons (Fsp3) is 0.350. The number of benzene rings is 2. The first-order valence-electron chi connectivity index (χ1n) is 8.82. The van der Waals surface area contributed by atoms with E-state index in [1.165, 1.54) is 18.2 Å². The van der Waals surface area contributed by atoms with Crippen LogP contribution < -0.4 is 14.8 Å². The summed E-state index contributed by atoms with van der Waals surface area (Å²) in [7, 11) is 0. The number of hydrogen-bond donors (Lipinski definition) is 1. The number of aryl methyl sites for hydroxylation is 1. The van der Waals surface area contributed by atoms with Crippen LogP contribution in [0.1, 0.15) is 41.4 Å². The van der Waals surface area contributed by atoms with Gasteiger partial charge in [0, 0.05) is 17.2 Å². The monoisotopic (exact) mass is 370 g/mol. The molecule has 0 radical (unpaired) electrons. The molecule has 7 nitrogen and oxygen atoms in total. The Morgan fingerprint density at radius 2 is 1.81 bits per heavy atom. The average molecular weight is 370 g/mol. The van der Waals surface area contributed by atoms with Crippen molar-refractivity contribution < 1.29 is 19.2 Å². The van der Waals surface area contributed by atoms with Gasteiger partial charge in [-0.25, -0.2) is 0 Å². The van der Waals surface area contributed by atoms with Crippen molar-refractivity contribution >= 4 is 11.6 Å². The molecule has 1 aliphatic heterocycles. The van der Waals surface area contributed by atoms with E-state index < -0.39 is 4.92 Å². The van der Waals surface area contributed by atoms with Crippen LogP contribution >= 0.6 is 0 Å². The lowest BCUT2D eigenvalue weighted by Crippen LogP contribution is -2.32. The Morgan fingerprint density at radius 1 is 1.11 bits per heavy atom. The van der Waals surface area contributed by atoms with Crippen molar-refractivity contribution in [1.29, 1.82) is 0 Å². The Balaban J connectivity index is 1.83. The molecular weight excluding hydrogens is 348 g/mol. The van der Waals surface area contributed by atoms with Gasteiger partial charge in [-0.2, -0.15) is 0 Å². The van der Waals surface area contributed by atoms with E-state index in [1.807, 2.05) is 32.0 Å². The molecule has 1 amide bonds. The second-order valence-corrected chi connectivity index (χ2v) is 6.86. The molecule has 2 aromatic rings. The van der Waals surface area contributed by atoms with E-state index >= 15 is 0 Å². The number of nitro groups is 1. The Kier molecular flexibility index (Phi) is 5.30. The van der Waals surface area contributed by atoms with Crippen LogP contribution in [-0.4, -0.2) is 24.0 Å². The molecular formula is C20H22N2O5. The Bertz CT molecular complexity index is 879. The van der Waals surface area contributed by atoms with Gasteiger partial charge >= 0.3 is 0 Å². The van der Waals surface area contributed by atoms with Gasteiger partial charge in [-0.1, -0.05) is 19.9 Å². The number of fused-ring (bicyclic) bond motifs is 1. The second-order valence-electron chi connectivity index (χ2n) is 6.86. The number of carbonyl (C=O) groups excluding carboxylic acids is 1. The van der Waals surface area contributed by atoms with E-state index in [2.05, 4.69) is 5.32 Å². The van der Waals surface area contributed by atoms with E-state index in [9.17, 15) is 14.9 Å². The topological polar surface area (TPSA) is 90.7 Å². The molecule has 0 saturated carbocycles. The minimum atomic E-state index is -0.455. The lowest BCUT2D eigenvalue weighted by molar-refractivity contribution is -0.385. The van der Waals surface area contributed by atoms with Crippen molar-refractivity contribution in [2.45, 2.75) is 26.8 Å². The summed E-state index contributed by atoms with van der Waals surface area (Å²) in [6, 6.07) is 9.79. The summed E-state index contributed by atoms with van der Waals surface area (Å²) in [4.78, 5) is 23.2. The highest BCUT2D eigenvalue weighted by atomic mass is 16.6. The molecule has 0 saturated heterocycles. The summed E-state index contributed by atoms with van der Waals surface area (Å²) in [5.74, 6) is 1.23. The third-order valence-electron chi connectivity index (χ3n) is 4.53. The minimum absolute atomic E-state index is 0.00112. The van der Waals surface area contributed by atoms with Gasteiger partial charge in [0.2, 0.25) is 0 Å². The average Bonchev–Trinajstić information content (AvgIpc) is 2.64. The van der Waals surface area contributed by atoms with Gasteiger partial charge in [0.25, 0.3) is 11.6 Å². The normalized spacial score (nSPS) is 13.9. The van der Waals surface area contributed by atoms with Crippen LogP contribution in [-0.2, 0) is 0 Å². The fourth-order valence-corrected chi connectivity index (χ4v) is 3.11. The fourth-order valence-electron chi connectivity index (χ4n) is 3.11. The summed E-state index contributed by atoms with van der Waals surface area (Å²) in [6.07, 6.45) is 0. The van der Waals surface area contributed by atoms with Crippen molar-refractivity contribution in [1.82, 2.24) is 5.32 Å². The summed E-state index contributed by atoms with van der Waals surface area (Å²) in [6.45, 7) is 6.68. The number of ether oxygens (including phenoxy) is 2. The smallest absolute Gasteiger partial charge is 0.272 e. The van der Waals surface area contributed by atoms with Crippen LogP contribution in [0.25, 0.3) is 0 Å². The van der Waals surface area contributed by atoms with Gasteiger partial charge in [0.15, 0.2) is 11.5 Å². The molecule has 1 aliphatic rings. The van der Waals surface area contributed by atoms with E-state index in [-0.39, 0.29) is 23.6 Å².